The fraction of sp³-hybridized carbons (Fsp3) is 1.00. The maximum Gasteiger partial charge on any atom is 0.187 e. The Morgan fingerprint density at radius 1 is 0.258 bits per heavy atom. The standard InChI is InChI=1S/C44H82O22/c45-21-25-29(49)31(51)35(55)43(61-25)65-39-27(23-47)63-41(37(57)33(39)53)59-19-17-15-13-11-9-7-5-3-1-2-4-6-8-10-12-14-16-18-20-60-42-38(58)34(54)40(28(24-48)64-42)66-44-36(56)32(52)30(50)26(22-46)62-44/h25-58H,1-24H2/t25?,26?,27?,28?,29-,30+,31+,32-,33-,34+,35?,36?,37?,38?,39-,40+,41-,42+,43-,44+. The van der Waals surface area contributed by atoms with E-state index in [1.165, 1.54) is 51.4 Å². The third-order valence-corrected chi connectivity index (χ3v) is 13.0. The number of unbranched alkanes of at least 4 members (excludes halogenated alkanes) is 17. The van der Waals surface area contributed by atoms with Gasteiger partial charge < -0.3 is 109 Å². The minimum Gasteiger partial charge on any atom is -0.394 e. The van der Waals surface area contributed by atoms with Gasteiger partial charge in [0.1, 0.15) is 97.7 Å². The van der Waals surface area contributed by atoms with Gasteiger partial charge in [-0.3, -0.25) is 0 Å². The number of hydrogen-bond acceptors (Lipinski definition) is 22. The molecule has 0 aromatic rings. The molecule has 4 saturated heterocycles. The lowest BCUT2D eigenvalue weighted by Crippen LogP contribution is -2.64. The first-order chi connectivity index (χ1) is 31.8. The third kappa shape index (κ3) is 16.9. The van der Waals surface area contributed by atoms with Gasteiger partial charge >= 0.3 is 0 Å². The highest BCUT2D eigenvalue weighted by molar-refractivity contribution is 4.95. The Morgan fingerprint density at radius 2 is 0.500 bits per heavy atom. The molecule has 0 amide bonds. The largest absolute Gasteiger partial charge is 0.394 e. The Kier molecular flexibility index (Phi) is 26.9. The van der Waals surface area contributed by atoms with Crippen LogP contribution < -0.4 is 0 Å². The predicted molar refractivity (Wildman–Crippen MR) is 228 cm³/mol. The van der Waals surface area contributed by atoms with E-state index in [0.29, 0.717) is 0 Å². The van der Waals surface area contributed by atoms with Crippen LogP contribution in [0.1, 0.15) is 116 Å². The van der Waals surface area contributed by atoms with Crippen LogP contribution in [0.5, 0.6) is 0 Å². The summed E-state index contributed by atoms with van der Waals surface area (Å²) in [5.74, 6) is 0. The van der Waals surface area contributed by atoms with Crippen molar-refractivity contribution in [2.75, 3.05) is 39.6 Å². The molecule has 22 nitrogen and oxygen atoms in total. The molecule has 4 heterocycles. The predicted octanol–water partition coefficient (Wildman–Crippen LogP) is -2.71. The van der Waals surface area contributed by atoms with Crippen LogP contribution in [0.25, 0.3) is 0 Å². The van der Waals surface area contributed by atoms with Crippen LogP contribution in [0, 0.1) is 0 Å². The van der Waals surface area contributed by atoms with Crippen molar-refractivity contribution >= 4 is 0 Å². The van der Waals surface area contributed by atoms with E-state index in [1.54, 1.807) is 0 Å². The topological polar surface area (TPSA) is 357 Å². The molecule has 0 spiro atoms. The van der Waals surface area contributed by atoms with Crippen LogP contribution >= 0.6 is 0 Å². The molecule has 0 radical (unpaired) electrons. The van der Waals surface area contributed by atoms with Crippen LogP contribution in [-0.2, 0) is 37.9 Å². The van der Waals surface area contributed by atoms with Crippen LogP contribution in [0.2, 0.25) is 0 Å². The van der Waals surface area contributed by atoms with Crippen molar-refractivity contribution in [3.8, 4) is 0 Å². The summed E-state index contributed by atoms with van der Waals surface area (Å²) in [6.07, 6.45) is -9.78. The second-order valence-corrected chi connectivity index (χ2v) is 18.1. The summed E-state index contributed by atoms with van der Waals surface area (Å²) in [6, 6.07) is 0. The zero-order chi connectivity index (χ0) is 48.2. The van der Waals surface area contributed by atoms with Crippen molar-refractivity contribution in [1.82, 2.24) is 0 Å². The van der Waals surface area contributed by atoms with E-state index < -0.39 is 149 Å². The molecular formula is C44H82O22. The molecule has 4 rings (SSSR count). The molecule has 0 bridgehead atoms. The van der Waals surface area contributed by atoms with Gasteiger partial charge in [-0.25, -0.2) is 0 Å². The van der Waals surface area contributed by atoms with Gasteiger partial charge in [0, 0.05) is 13.2 Å². The molecule has 0 aliphatic carbocycles. The molecular weight excluding hydrogens is 880 g/mol. The summed E-state index contributed by atoms with van der Waals surface area (Å²) < 4.78 is 44.5. The van der Waals surface area contributed by atoms with E-state index in [-0.39, 0.29) is 13.2 Å². The average molecular weight is 963 g/mol. The van der Waals surface area contributed by atoms with Gasteiger partial charge in [0.15, 0.2) is 25.2 Å². The molecule has 0 aromatic carbocycles. The fourth-order valence-corrected chi connectivity index (χ4v) is 8.82. The van der Waals surface area contributed by atoms with Crippen molar-refractivity contribution in [2.24, 2.45) is 0 Å². The van der Waals surface area contributed by atoms with Crippen molar-refractivity contribution in [2.45, 2.75) is 238 Å². The van der Waals surface area contributed by atoms with E-state index in [9.17, 15) is 71.5 Å². The van der Waals surface area contributed by atoms with Crippen molar-refractivity contribution < 1.29 is 109 Å². The molecule has 22 heteroatoms. The van der Waals surface area contributed by atoms with E-state index in [0.717, 1.165) is 64.2 Å². The zero-order valence-electron chi connectivity index (χ0n) is 38.0. The molecule has 20 atom stereocenters. The van der Waals surface area contributed by atoms with Gasteiger partial charge in [-0.15, -0.1) is 0 Å². The summed E-state index contributed by atoms with van der Waals surface area (Å²) >= 11 is 0. The monoisotopic (exact) mass is 963 g/mol. The molecule has 14 N–H and O–H groups in total. The number of aliphatic hydroxyl groups excluding tert-OH is 14. The van der Waals surface area contributed by atoms with E-state index >= 15 is 0 Å². The third-order valence-electron chi connectivity index (χ3n) is 13.0. The lowest BCUT2D eigenvalue weighted by Gasteiger charge is -2.45. The maximum atomic E-state index is 10.8. The van der Waals surface area contributed by atoms with Crippen LogP contribution in [-0.4, -0.2) is 234 Å². The van der Waals surface area contributed by atoms with Crippen LogP contribution in [0.15, 0.2) is 0 Å². The lowest BCUT2D eigenvalue weighted by molar-refractivity contribution is -0.359. The second-order valence-electron chi connectivity index (χ2n) is 18.1. The summed E-state index contributed by atoms with van der Waals surface area (Å²) in [5, 5.41) is 142. The van der Waals surface area contributed by atoms with Gasteiger partial charge in [0.2, 0.25) is 0 Å². The second kappa shape index (κ2) is 30.8. The van der Waals surface area contributed by atoms with E-state index in [2.05, 4.69) is 0 Å². The maximum absolute atomic E-state index is 10.8. The quantitative estimate of drug-likeness (QED) is 0.0314. The molecule has 0 saturated carbocycles. The van der Waals surface area contributed by atoms with Crippen LogP contribution in [0.3, 0.4) is 0 Å². The van der Waals surface area contributed by atoms with Gasteiger partial charge in [-0.05, 0) is 12.8 Å². The van der Waals surface area contributed by atoms with Gasteiger partial charge in [-0.1, -0.05) is 103 Å². The van der Waals surface area contributed by atoms with E-state index in [4.69, 9.17) is 37.9 Å². The molecule has 4 fully saturated rings. The van der Waals surface area contributed by atoms with Crippen molar-refractivity contribution in [3.05, 3.63) is 0 Å². The molecule has 4 aliphatic heterocycles. The molecule has 4 aliphatic rings. The Bertz CT molecular complexity index is 1160. The lowest BCUT2D eigenvalue weighted by atomic mass is 9.97. The number of aliphatic hydroxyl groups is 14. The molecule has 0 aromatic heterocycles. The van der Waals surface area contributed by atoms with E-state index in [1.807, 2.05) is 0 Å². The Labute approximate surface area is 386 Å². The minimum atomic E-state index is -1.73. The van der Waals surface area contributed by atoms with Crippen molar-refractivity contribution in [3.63, 3.8) is 0 Å². The van der Waals surface area contributed by atoms with Gasteiger partial charge in [0.25, 0.3) is 0 Å². The Balaban J connectivity index is 0.919. The normalized spacial score (nSPS) is 39.9. The number of hydrogen-bond donors (Lipinski definition) is 14. The highest BCUT2D eigenvalue weighted by Crippen LogP contribution is 2.32. The highest BCUT2D eigenvalue weighted by Gasteiger charge is 2.52. The Hall–Kier alpha value is -0.880. The highest BCUT2D eigenvalue weighted by atomic mass is 16.8. The first-order valence-electron chi connectivity index (χ1n) is 24.2. The Morgan fingerprint density at radius 3 is 0.773 bits per heavy atom. The number of rotatable bonds is 31. The smallest absolute Gasteiger partial charge is 0.187 e. The van der Waals surface area contributed by atoms with Crippen molar-refractivity contribution in [1.29, 1.82) is 0 Å². The van der Waals surface area contributed by atoms with Crippen LogP contribution in [0.4, 0.5) is 0 Å². The SMILES string of the molecule is OCC1O[C@H](O[C@@H]2C(CO)O[C@@H](OCCCCCCCCCCCCCCCCCCCCO[C@H]3OC(CO)[C@H](O[C@@H]4OC(CO)[C@H](O)[C@@H](O)C4O)[C@@H](O)C3O)C(O)[C@H]2O)C(O)[C@@H](O)[C@@H]1O. The zero-order valence-corrected chi connectivity index (χ0v) is 38.0. The summed E-state index contributed by atoms with van der Waals surface area (Å²) in [4.78, 5) is 0. The first-order valence-corrected chi connectivity index (χ1v) is 24.2. The number of ether oxygens (including phenoxy) is 8. The summed E-state index contributed by atoms with van der Waals surface area (Å²) in [6.45, 7) is -2.03. The minimum absolute atomic E-state index is 0.272. The molecule has 8 unspecified atom stereocenters. The van der Waals surface area contributed by atoms with Gasteiger partial charge in [-0.2, -0.15) is 0 Å². The summed E-state index contributed by atoms with van der Waals surface area (Å²) in [7, 11) is 0. The van der Waals surface area contributed by atoms with Gasteiger partial charge in [0.05, 0.1) is 26.4 Å². The molecule has 390 valence electrons. The average Bonchev–Trinajstić information content (AvgIpc) is 3.32. The molecule has 66 heavy (non-hydrogen) atoms. The fourth-order valence-electron chi connectivity index (χ4n) is 8.82. The summed E-state index contributed by atoms with van der Waals surface area (Å²) in [5.41, 5.74) is 0. The first kappa shape index (κ1) is 57.7.